The molecule has 0 radical (unpaired) electrons. The van der Waals surface area contributed by atoms with Crippen molar-refractivity contribution >= 4 is 62.6 Å². The van der Waals surface area contributed by atoms with E-state index in [-0.39, 0.29) is 0 Å². The molecule has 0 aliphatic rings. The van der Waals surface area contributed by atoms with Crippen molar-refractivity contribution in [2.75, 3.05) is 47.5 Å². The second kappa shape index (κ2) is 15.4. The molecular formula is C45H41N5O3. The molecule has 4 N–H and O–H groups in total. The molecule has 8 nitrogen and oxygen atoms in total. The first-order valence-corrected chi connectivity index (χ1v) is 17.2. The van der Waals surface area contributed by atoms with Crippen LogP contribution in [0, 0.1) is 0 Å². The lowest BCUT2D eigenvalue weighted by molar-refractivity contribution is 0.414. The number of nitrogens with two attached hydrogens (primary N) is 2. The summed E-state index contributed by atoms with van der Waals surface area (Å²) >= 11 is 0. The molecule has 0 aromatic heterocycles. The van der Waals surface area contributed by atoms with Gasteiger partial charge in [0.15, 0.2) is 0 Å². The van der Waals surface area contributed by atoms with Crippen molar-refractivity contribution in [1.82, 2.24) is 0 Å². The van der Waals surface area contributed by atoms with Crippen LogP contribution in [0.4, 0.5) is 62.6 Å². The fourth-order valence-electron chi connectivity index (χ4n) is 6.28. The second-order valence-corrected chi connectivity index (χ2v) is 12.3. The van der Waals surface area contributed by atoms with Gasteiger partial charge in [0.1, 0.15) is 17.2 Å². The molecule has 7 aromatic carbocycles. The number of hydrogen-bond acceptors (Lipinski definition) is 8. The Bertz CT molecular complexity index is 2080. The fourth-order valence-corrected chi connectivity index (χ4v) is 6.28. The van der Waals surface area contributed by atoms with Gasteiger partial charge < -0.3 is 40.4 Å². The normalized spacial score (nSPS) is 10.7. The molecule has 0 aliphatic carbocycles. The lowest BCUT2D eigenvalue weighted by Crippen LogP contribution is -2.13. The number of nitrogen functional groups attached to an aromatic ring is 2. The molecule has 0 heterocycles. The summed E-state index contributed by atoms with van der Waals surface area (Å²) in [4.78, 5) is 6.62. The van der Waals surface area contributed by atoms with Crippen molar-refractivity contribution in [3.63, 3.8) is 0 Å². The van der Waals surface area contributed by atoms with Crippen LogP contribution in [-0.4, -0.2) is 21.3 Å². The first kappa shape index (κ1) is 34.4. The van der Waals surface area contributed by atoms with Crippen LogP contribution in [0.1, 0.15) is 0 Å². The van der Waals surface area contributed by atoms with Crippen molar-refractivity contribution < 1.29 is 14.2 Å². The highest BCUT2D eigenvalue weighted by Gasteiger charge is 2.18. The average molecular weight is 700 g/mol. The summed E-state index contributed by atoms with van der Waals surface area (Å²) in [6, 6.07) is 57.0. The molecule has 7 rings (SSSR count). The molecule has 7 aromatic rings. The van der Waals surface area contributed by atoms with Gasteiger partial charge in [0.05, 0.1) is 21.3 Å². The van der Waals surface area contributed by atoms with Gasteiger partial charge >= 0.3 is 0 Å². The van der Waals surface area contributed by atoms with Gasteiger partial charge in [0.25, 0.3) is 0 Å². The van der Waals surface area contributed by atoms with E-state index in [1.165, 1.54) is 0 Å². The minimum Gasteiger partial charge on any atom is -0.497 e. The third kappa shape index (κ3) is 7.52. The van der Waals surface area contributed by atoms with Gasteiger partial charge in [-0.05, 0) is 170 Å². The number of benzene rings is 7. The summed E-state index contributed by atoms with van der Waals surface area (Å²) in [5.41, 5.74) is 22.5. The maximum atomic E-state index is 6.06. The van der Waals surface area contributed by atoms with Gasteiger partial charge in [-0.1, -0.05) is 0 Å². The first-order valence-electron chi connectivity index (χ1n) is 17.2. The van der Waals surface area contributed by atoms with Crippen LogP contribution >= 0.6 is 0 Å². The zero-order valence-corrected chi connectivity index (χ0v) is 29.9. The predicted molar refractivity (Wildman–Crippen MR) is 219 cm³/mol. The Balaban J connectivity index is 1.28. The molecule has 0 saturated heterocycles. The molecule has 0 atom stereocenters. The van der Waals surface area contributed by atoms with E-state index in [2.05, 4.69) is 75.4 Å². The van der Waals surface area contributed by atoms with Gasteiger partial charge in [0, 0.05) is 62.6 Å². The molecule has 8 heteroatoms. The molecule has 264 valence electrons. The first-order chi connectivity index (χ1) is 25.9. The maximum Gasteiger partial charge on any atom is 0.119 e. The lowest BCUT2D eigenvalue weighted by Gasteiger charge is -2.29. The third-order valence-corrected chi connectivity index (χ3v) is 9.03. The Morgan fingerprint density at radius 1 is 0.264 bits per heavy atom. The Morgan fingerprint density at radius 3 is 0.585 bits per heavy atom. The highest BCUT2D eigenvalue weighted by molar-refractivity contribution is 5.84. The topological polar surface area (TPSA) is 89.5 Å². The van der Waals surface area contributed by atoms with E-state index in [1.807, 2.05) is 109 Å². The van der Waals surface area contributed by atoms with E-state index >= 15 is 0 Å². The zero-order valence-electron chi connectivity index (χ0n) is 29.9. The summed E-state index contributed by atoms with van der Waals surface area (Å²) in [6.45, 7) is 0. The molecule has 0 aliphatic heterocycles. The number of hydrogen-bond donors (Lipinski definition) is 2. The summed E-state index contributed by atoms with van der Waals surface area (Å²) in [6.07, 6.45) is 0. The number of nitrogens with zero attached hydrogens (tertiary/aromatic N) is 3. The van der Waals surface area contributed by atoms with E-state index in [1.54, 1.807) is 21.3 Å². The van der Waals surface area contributed by atoms with Crippen LogP contribution in [0.3, 0.4) is 0 Å². The summed E-state index contributed by atoms with van der Waals surface area (Å²) in [7, 11) is 5.02. The van der Waals surface area contributed by atoms with Crippen LogP contribution in [0.5, 0.6) is 17.2 Å². The quantitative estimate of drug-likeness (QED) is 0.122. The molecule has 0 spiro atoms. The standard InChI is InChI=1S/C45H41N5O3/c1-51-43-26-20-40(21-27-43)48(34-8-4-32(46)5-9-34)36-12-16-38(17-13-36)50(42-24-30-45(53-3)31-25-42)39-18-14-37(15-19-39)49(35-10-6-33(47)7-11-35)41-22-28-44(52-2)29-23-41/h4-31H,46-47H2,1-3H3. The summed E-state index contributed by atoms with van der Waals surface area (Å²) in [5.74, 6) is 2.38. The Labute approximate surface area is 310 Å². The Hall–Kier alpha value is -7.06. The smallest absolute Gasteiger partial charge is 0.119 e. The molecule has 0 bridgehead atoms. The van der Waals surface area contributed by atoms with Crippen molar-refractivity contribution in [3.8, 4) is 17.2 Å². The summed E-state index contributed by atoms with van der Waals surface area (Å²) < 4.78 is 16.4. The number of anilines is 11. The van der Waals surface area contributed by atoms with Gasteiger partial charge in [-0.2, -0.15) is 0 Å². The van der Waals surface area contributed by atoms with Gasteiger partial charge in [-0.25, -0.2) is 0 Å². The van der Waals surface area contributed by atoms with Crippen molar-refractivity contribution in [3.05, 3.63) is 170 Å². The number of methoxy groups -OCH3 is 3. The third-order valence-electron chi connectivity index (χ3n) is 9.03. The monoisotopic (exact) mass is 699 g/mol. The molecule has 53 heavy (non-hydrogen) atoms. The van der Waals surface area contributed by atoms with Gasteiger partial charge in [-0.15, -0.1) is 0 Å². The van der Waals surface area contributed by atoms with Crippen LogP contribution < -0.4 is 40.4 Å². The molecule has 0 unspecified atom stereocenters. The van der Waals surface area contributed by atoms with Crippen LogP contribution in [0.25, 0.3) is 0 Å². The van der Waals surface area contributed by atoms with E-state index < -0.39 is 0 Å². The Kier molecular flexibility index (Phi) is 10.0. The maximum absolute atomic E-state index is 6.06. The van der Waals surface area contributed by atoms with Crippen molar-refractivity contribution in [2.45, 2.75) is 0 Å². The summed E-state index contributed by atoms with van der Waals surface area (Å²) in [5, 5.41) is 0. The number of rotatable bonds is 12. The number of ether oxygens (including phenoxy) is 3. The fraction of sp³-hybridized carbons (Fsp3) is 0.0667. The van der Waals surface area contributed by atoms with Crippen LogP contribution in [0.2, 0.25) is 0 Å². The van der Waals surface area contributed by atoms with E-state index in [0.29, 0.717) is 11.4 Å². The lowest BCUT2D eigenvalue weighted by atomic mass is 10.1. The van der Waals surface area contributed by atoms with E-state index in [9.17, 15) is 0 Å². The zero-order chi connectivity index (χ0) is 36.7. The predicted octanol–water partition coefficient (Wildman–Crippen LogP) is 11.3. The van der Waals surface area contributed by atoms with Crippen molar-refractivity contribution in [1.29, 1.82) is 0 Å². The highest BCUT2D eigenvalue weighted by Crippen LogP contribution is 2.42. The highest BCUT2D eigenvalue weighted by atomic mass is 16.5. The van der Waals surface area contributed by atoms with Gasteiger partial charge in [-0.3, -0.25) is 0 Å². The molecule has 0 amide bonds. The second-order valence-electron chi connectivity index (χ2n) is 12.3. The largest absolute Gasteiger partial charge is 0.497 e. The van der Waals surface area contributed by atoms with Crippen molar-refractivity contribution in [2.24, 2.45) is 0 Å². The van der Waals surface area contributed by atoms with Crippen LogP contribution in [0.15, 0.2) is 170 Å². The van der Waals surface area contributed by atoms with Crippen LogP contribution in [-0.2, 0) is 0 Å². The molecule has 0 fully saturated rings. The van der Waals surface area contributed by atoms with E-state index in [4.69, 9.17) is 25.7 Å². The van der Waals surface area contributed by atoms with E-state index in [0.717, 1.165) is 68.4 Å². The molecular weight excluding hydrogens is 659 g/mol. The SMILES string of the molecule is COc1ccc(N(c2ccc(N)cc2)c2ccc(N(c3ccc(OC)cc3)c3ccc(N(c4ccc(N)cc4)c4ccc(OC)cc4)cc3)cc2)cc1. The van der Waals surface area contributed by atoms with Gasteiger partial charge in [0.2, 0.25) is 0 Å². The minimum atomic E-state index is 0.709. The average Bonchev–Trinajstić information content (AvgIpc) is 3.21. The molecule has 0 saturated carbocycles. The Morgan fingerprint density at radius 2 is 0.415 bits per heavy atom. The minimum absolute atomic E-state index is 0.709.